The molecule has 0 spiro atoms. The Hall–Kier alpha value is -1.69. The van der Waals surface area contributed by atoms with E-state index in [1.54, 1.807) is 0 Å². The Kier molecular flexibility index (Phi) is 6.51. The number of nitrogens with zero attached hydrogens (tertiary/aromatic N) is 1. The maximum atomic E-state index is 12.2. The second-order valence-electron chi connectivity index (χ2n) is 5.95. The van der Waals surface area contributed by atoms with Crippen LogP contribution in [0.5, 0.6) is 0 Å². The number of rotatable bonds is 8. The second kappa shape index (κ2) is 7.73. The zero-order chi connectivity index (χ0) is 17.8. The monoisotopic (exact) mass is 330 g/mol. The Morgan fingerprint density at radius 3 is 2.43 bits per heavy atom. The number of aliphatic carboxylic acids is 1. The largest absolute Gasteiger partial charge is 0.480 e. The van der Waals surface area contributed by atoms with Gasteiger partial charge in [-0.15, -0.1) is 0 Å². The standard InChI is InChI=1S/C12H23BN4O6/c14-8(4-9(15)18)10(19)17-5-7(2-1-3-13(22)23)12(16,6-17)11(20)21/h7-8,22-23H,1-6,14,16H2,(H2,15,18)(H,20,21)/t7?,8-,12-/m0/s1. The topological polar surface area (TPSA) is 193 Å². The predicted molar refractivity (Wildman–Crippen MR) is 80.6 cm³/mol. The van der Waals surface area contributed by atoms with Crippen molar-refractivity contribution in [2.75, 3.05) is 13.1 Å². The molecule has 0 radical (unpaired) electrons. The zero-order valence-electron chi connectivity index (χ0n) is 12.7. The van der Waals surface area contributed by atoms with Crippen LogP contribution in [0.4, 0.5) is 0 Å². The van der Waals surface area contributed by atoms with E-state index in [1.165, 1.54) is 4.90 Å². The minimum absolute atomic E-state index is 0.0790. The molecule has 3 atom stereocenters. The molecule has 0 aromatic carbocycles. The predicted octanol–water partition coefficient (Wildman–Crippen LogP) is -3.32. The van der Waals surface area contributed by atoms with Crippen molar-refractivity contribution >= 4 is 24.9 Å². The molecule has 9 N–H and O–H groups in total. The highest BCUT2D eigenvalue weighted by atomic mass is 16.4. The van der Waals surface area contributed by atoms with E-state index in [0.717, 1.165) is 0 Å². The lowest BCUT2D eigenvalue weighted by atomic mass is 9.78. The minimum atomic E-state index is -1.64. The number of carbonyl (C=O) groups is 3. The molecular formula is C12H23BN4O6. The molecule has 0 aliphatic carbocycles. The molecular weight excluding hydrogens is 307 g/mol. The smallest absolute Gasteiger partial charge is 0.451 e. The molecule has 10 nitrogen and oxygen atoms in total. The average Bonchev–Trinajstić information content (AvgIpc) is 2.75. The third kappa shape index (κ3) is 4.89. The Balaban J connectivity index is 2.77. The van der Waals surface area contributed by atoms with Crippen molar-refractivity contribution in [3.8, 4) is 0 Å². The number of amides is 2. The molecule has 1 aliphatic heterocycles. The van der Waals surface area contributed by atoms with Gasteiger partial charge in [0.05, 0.1) is 12.5 Å². The van der Waals surface area contributed by atoms with Gasteiger partial charge in [0.2, 0.25) is 11.8 Å². The molecule has 0 saturated carbocycles. The molecule has 1 rings (SSSR count). The second-order valence-corrected chi connectivity index (χ2v) is 5.95. The third-order valence-electron chi connectivity index (χ3n) is 4.08. The highest BCUT2D eigenvalue weighted by Gasteiger charge is 2.51. The van der Waals surface area contributed by atoms with Crippen LogP contribution in [0.3, 0.4) is 0 Å². The van der Waals surface area contributed by atoms with Crippen molar-refractivity contribution in [1.82, 2.24) is 4.90 Å². The molecule has 0 aromatic rings. The van der Waals surface area contributed by atoms with E-state index in [9.17, 15) is 19.5 Å². The molecule has 1 unspecified atom stereocenters. The molecule has 11 heteroatoms. The molecule has 1 aliphatic rings. The Labute approximate surface area is 133 Å². The normalized spacial score (nSPS) is 25.2. The summed E-state index contributed by atoms with van der Waals surface area (Å²) in [6.07, 6.45) is 0.419. The lowest BCUT2D eigenvalue weighted by Gasteiger charge is -2.25. The fraction of sp³-hybridized carbons (Fsp3) is 0.750. The van der Waals surface area contributed by atoms with Gasteiger partial charge in [0, 0.05) is 19.0 Å². The van der Waals surface area contributed by atoms with Gasteiger partial charge in [-0.25, -0.2) is 0 Å². The molecule has 0 bridgehead atoms. The minimum Gasteiger partial charge on any atom is -0.480 e. The zero-order valence-corrected chi connectivity index (χ0v) is 12.7. The van der Waals surface area contributed by atoms with Crippen molar-refractivity contribution in [2.24, 2.45) is 23.1 Å². The van der Waals surface area contributed by atoms with Gasteiger partial charge in [-0.3, -0.25) is 14.4 Å². The van der Waals surface area contributed by atoms with Crippen LogP contribution >= 0.6 is 0 Å². The number of hydrogen-bond donors (Lipinski definition) is 6. The SMILES string of the molecule is NC(=O)C[C@H](N)C(=O)N1CC(CCCB(O)O)[C@](N)(C(=O)O)C1. The van der Waals surface area contributed by atoms with Gasteiger partial charge in [-0.2, -0.15) is 0 Å². The first-order chi connectivity index (χ1) is 10.6. The Bertz CT molecular complexity index is 476. The summed E-state index contributed by atoms with van der Waals surface area (Å²) >= 11 is 0. The van der Waals surface area contributed by atoms with Crippen molar-refractivity contribution in [3.63, 3.8) is 0 Å². The first kappa shape index (κ1) is 19.4. The first-order valence-electron chi connectivity index (χ1n) is 7.29. The van der Waals surface area contributed by atoms with E-state index < -0.39 is 42.4 Å². The maximum absolute atomic E-state index is 12.2. The lowest BCUT2D eigenvalue weighted by molar-refractivity contribution is -0.144. The van der Waals surface area contributed by atoms with Gasteiger partial charge in [-0.05, 0) is 12.7 Å². The first-order valence-corrected chi connectivity index (χ1v) is 7.29. The van der Waals surface area contributed by atoms with Crippen LogP contribution < -0.4 is 17.2 Å². The van der Waals surface area contributed by atoms with Crippen molar-refractivity contribution < 1.29 is 29.5 Å². The number of likely N-dealkylation sites (tertiary alicyclic amines) is 1. The summed E-state index contributed by atoms with van der Waals surface area (Å²) < 4.78 is 0. The van der Waals surface area contributed by atoms with Crippen LogP contribution in [-0.2, 0) is 14.4 Å². The van der Waals surface area contributed by atoms with E-state index in [0.29, 0.717) is 12.8 Å². The molecule has 23 heavy (non-hydrogen) atoms. The van der Waals surface area contributed by atoms with Crippen molar-refractivity contribution in [3.05, 3.63) is 0 Å². The Morgan fingerprint density at radius 2 is 1.96 bits per heavy atom. The quantitative estimate of drug-likeness (QED) is 0.249. The van der Waals surface area contributed by atoms with Gasteiger partial charge in [0.25, 0.3) is 0 Å². The van der Waals surface area contributed by atoms with Crippen molar-refractivity contribution in [2.45, 2.75) is 37.2 Å². The number of primary amides is 1. The van der Waals surface area contributed by atoms with Crippen LogP contribution in [0.15, 0.2) is 0 Å². The highest BCUT2D eigenvalue weighted by molar-refractivity contribution is 6.40. The summed E-state index contributed by atoms with van der Waals surface area (Å²) in [7, 11) is -1.48. The Morgan fingerprint density at radius 1 is 1.35 bits per heavy atom. The summed E-state index contributed by atoms with van der Waals surface area (Å²) in [5, 5.41) is 27.1. The number of hydrogen-bond acceptors (Lipinski definition) is 7. The van der Waals surface area contributed by atoms with E-state index in [4.69, 9.17) is 27.2 Å². The van der Waals surface area contributed by atoms with Gasteiger partial charge in [-0.1, -0.05) is 6.42 Å². The summed E-state index contributed by atoms with van der Waals surface area (Å²) in [6.45, 7) is -0.143. The van der Waals surface area contributed by atoms with Gasteiger partial charge in [0.15, 0.2) is 0 Å². The number of carbonyl (C=O) groups excluding carboxylic acids is 2. The van der Waals surface area contributed by atoms with Gasteiger partial charge < -0.3 is 37.3 Å². The molecule has 130 valence electrons. The molecule has 1 fully saturated rings. The van der Waals surface area contributed by atoms with E-state index in [2.05, 4.69) is 0 Å². The molecule has 0 aromatic heterocycles. The maximum Gasteiger partial charge on any atom is 0.451 e. The number of carboxylic acids is 1. The van der Waals surface area contributed by atoms with Crippen LogP contribution in [0.25, 0.3) is 0 Å². The van der Waals surface area contributed by atoms with Gasteiger partial charge in [0.1, 0.15) is 5.54 Å². The van der Waals surface area contributed by atoms with Crippen LogP contribution in [0.2, 0.25) is 6.32 Å². The number of carboxylic acid groups (broad SMARTS) is 1. The van der Waals surface area contributed by atoms with E-state index in [-0.39, 0.29) is 25.8 Å². The number of nitrogens with two attached hydrogens (primary N) is 3. The lowest BCUT2D eigenvalue weighted by Crippen LogP contribution is -2.55. The summed E-state index contributed by atoms with van der Waals surface area (Å²) in [4.78, 5) is 35.7. The summed E-state index contributed by atoms with van der Waals surface area (Å²) in [5.74, 6) is -3.10. The summed E-state index contributed by atoms with van der Waals surface area (Å²) in [6, 6.07) is -1.14. The fourth-order valence-corrected chi connectivity index (χ4v) is 2.78. The highest BCUT2D eigenvalue weighted by Crippen LogP contribution is 2.31. The fourth-order valence-electron chi connectivity index (χ4n) is 2.78. The summed E-state index contributed by atoms with van der Waals surface area (Å²) in [5.41, 5.74) is 14.9. The molecule has 1 saturated heterocycles. The van der Waals surface area contributed by atoms with Crippen LogP contribution in [-0.4, -0.2) is 69.6 Å². The van der Waals surface area contributed by atoms with Crippen LogP contribution in [0.1, 0.15) is 19.3 Å². The van der Waals surface area contributed by atoms with Gasteiger partial charge >= 0.3 is 13.1 Å². The molecule has 1 heterocycles. The van der Waals surface area contributed by atoms with Crippen LogP contribution in [0, 0.1) is 5.92 Å². The third-order valence-corrected chi connectivity index (χ3v) is 4.08. The van der Waals surface area contributed by atoms with E-state index in [1.807, 2.05) is 0 Å². The van der Waals surface area contributed by atoms with Crippen molar-refractivity contribution in [1.29, 1.82) is 0 Å². The van der Waals surface area contributed by atoms with E-state index >= 15 is 0 Å². The average molecular weight is 330 g/mol. The molecule has 2 amide bonds.